The van der Waals surface area contributed by atoms with E-state index in [4.69, 9.17) is 0 Å². The standard InChI is InChI=1S/C18H21BrN4/c1-22-11-16-7-8-17(12-22)23(16)10-15-6-9-18(21-20-15)13-2-4-14(19)5-3-13/h2-6,9,16-17H,7-8,10-12H2,1H3. The fourth-order valence-electron chi connectivity index (χ4n) is 3.87. The van der Waals surface area contributed by atoms with Crippen LogP contribution in [0, 0.1) is 0 Å². The summed E-state index contributed by atoms with van der Waals surface area (Å²) in [7, 11) is 2.23. The minimum Gasteiger partial charge on any atom is -0.303 e. The number of aromatic nitrogens is 2. The average molecular weight is 373 g/mol. The van der Waals surface area contributed by atoms with Gasteiger partial charge in [0, 0.05) is 41.8 Å². The van der Waals surface area contributed by atoms with E-state index in [1.54, 1.807) is 0 Å². The molecular weight excluding hydrogens is 352 g/mol. The van der Waals surface area contributed by atoms with Gasteiger partial charge in [-0.15, -0.1) is 0 Å². The maximum absolute atomic E-state index is 4.47. The van der Waals surface area contributed by atoms with Crippen molar-refractivity contribution in [1.29, 1.82) is 0 Å². The van der Waals surface area contributed by atoms with Crippen LogP contribution in [-0.4, -0.2) is 52.2 Å². The lowest BCUT2D eigenvalue weighted by Crippen LogP contribution is -2.51. The summed E-state index contributed by atoms with van der Waals surface area (Å²) in [5, 5.41) is 8.90. The highest BCUT2D eigenvalue weighted by molar-refractivity contribution is 9.10. The second-order valence-electron chi connectivity index (χ2n) is 6.70. The highest BCUT2D eigenvalue weighted by Crippen LogP contribution is 2.30. The van der Waals surface area contributed by atoms with Crippen LogP contribution in [0.15, 0.2) is 40.9 Å². The van der Waals surface area contributed by atoms with Crippen LogP contribution in [0.25, 0.3) is 11.3 Å². The topological polar surface area (TPSA) is 32.3 Å². The predicted octanol–water partition coefficient (Wildman–Crippen LogP) is 3.18. The summed E-state index contributed by atoms with van der Waals surface area (Å²) in [6, 6.07) is 13.8. The van der Waals surface area contributed by atoms with Gasteiger partial charge in [-0.3, -0.25) is 4.90 Å². The highest BCUT2D eigenvalue weighted by atomic mass is 79.9. The molecule has 2 saturated heterocycles. The normalized spacial score (nSPS) is 25.0. The van der Waals surface area contributed by atoms with Crippen molar-refractivity contribution in [1.82, 2.24) is 20.0 Å². The molecule has 1 aromatic heterocycles. The quantitative estimate of drug-likeness (QED) is 0.827. The van der Waals surface area contributed by atoms with E-state index in [-0.39, 0.29) is 0 Å². The molecule has 23 heavy (non-hydrogen) atoms. The minimum atomic E-state index is 0.687. The molecule has 2 aromatic rings. The van der Waals surface area contributed by atoms with Crippen molar-refractivity contribution >= 4 is 15.9 Å². The van der Waals surface area contributed by atoms with Gasteiger partial charge in [-0.05, 0) is 44.2 Å². The molecule has 0 saturated carbocycles. The number of rotatable bonds is 3. The maximum Gasteiger partial charge on any atom is 0.0929 e. The van der Waals surface area contributed by atoms with Crippen molar-refractivity contribution in [2.45, 2.75) is 31.5 Å². The first-order valence-corrected chi connectivity index (χ1v) is 9.01. The molecule has 0 N–H and O–H groups in total. The molecule has 0 aliphatic carbocycles. The van der Waals surface area contributed by atoms with Crippen LogP contribution in [0.3, 0.4) is 0 Å². The Balaban J connectivity index is 1.48. The number of likely N-dealkylation sites (tertiary alicyclic amines) is 1. The fourth-order valence-corrected chi connectivity index (χ4v) is 4.13. The number of halogens is 1. The molecule has 2 fully saturated rings. The van der Waals surface area contributed by atoms with Gasteiger partial charge < -0.3 is 4.90 Å². The molecule has 3 heterocycles. The fraction of sp³-hybridized carbons (Fsp3) is 0.444. The highest BCUT2D eigenvalue weighted by Gasteiger charge is 2.38. The molecule has 0 amide bonds. The molecule has 4 rings (SSSR count). The number of hydrogen-bond acceptors (Lipinski definition) is 4. The number of fused-ring (bicyclic) bond motifs is 2. The van der Waals surface area contributed by atoms with Gasteiger partial charge in [0.05, 0.1) is 11.4 Å². The number of benzene rings is 1. The molecule has 2 atom stereocenters. The molecule has 2 aliphatic rings. The van der Waals surface area contributed by atoms with Gasteiger partial charge >= 0.3 is 0 Å². The number of piperazine rings is 1. The van der Waals surface area contributed by atoms with Gasteiger partial charge in [-0.25, -0.2) is 0 Å². The molecule has 1 aromatic carbocycles. The zero-order valence-electron chi connectivity index (χ0n) is 13.3. The summed E-state index contributed by atoms with van der Waals surface area (Å²) < 4.78 is 1.08. The molecule has 5 heteroatoms. The predicted molar refractivity (Wildman–Crippen MR) is 95.0 cm³/mol. The van der Waals surface area contributed by atoms with E-state index in [9.17, 15) is 0 Å². The smallest absolute Gasteiger partial charge is 0.0929 e. The molecule has 2 bridgehead atoms. The molecular formula is C18H21BrN4. The largest absolute Gasteiger partial charge is 0.303 e. The van der Waals surface area contributed by atoms with Crippen LogP contribution in [-0.2, 0) is 6.54 Å². The third kappa shape index (κ3) is 3.18. The Morgan fingerprint density at radius 1 is 1.00 bits per heavy atom. The van der Waals surface area contributed by atoms with E-state index < -0.39 is 0 Å². The SMILES string of the molecule is CN1CC2CCC(C1)N2Cc1ccc(-c2ccc(Br)cc2)nn1. The van der Waals surface area contributed by atoms with Gasteiger partial charge in [0.15, 0.2) is 0 Å². The van der Waals surface area contributed by atoms with Crippen molar-refractivity contribution in [3.05, 3.63) is 46.6 Å². The summed E-state index contributed by atoms with van der Waals surface area (Å²) in [6.45, 7) is 3.29. The zero-order chi connectivity index (χ0) is 15.8. The zero-order valence-corrected chi connectivity index (χ0v) is 14.9. The Morgan fingerprint density at radius 2 is 1.70 bits per heavy atom. The lowest BCUT2D eigenvalue weighted by atomic mass is 10.1. The maximum atomic E-state index is 4.47. The lowest BCUT2D eigenvalue weighted by Gasteiger charge is -2.39. The Kier molecular flexibility index (Phi) is 4.18. The van der Waals surface area contributed by atoms with Crippen LogP contribution in [0.2, 0.25) is 0 Å². The van der Waals surface area contributed by atoms with Crippen molar-refractivity contribution < 1.29 is 0 Å². The van der Waals surface area contributed by atoms with Crippen LogP contribution < -0.4 is 0 Å². The number of likely N-dealkylation sites (N-methyl/N-ethyl adjacent to an activating group) is 1. The summed E-state index contributed by atoms with van der Waals surface area (Å²) in [5.41, 5.74) is 3.11. The third-order valence-electron chi connectivity index (χ3n) is 5.02. The Morgan fingerprint density at radius 3 is 2.30 bits per heavy atom. The van der Waals surface area contributed by atoms with Gasteiger partial charge in [-0.1, -0.05) is 28.1 Å². The number of nitrogens with zero attached hydrogens (tertiary/aromatic N) is 4. The minimum absolute atomic E-state index is 0.687. The molecule has 0 spiro atoms. The van der Waals surface area contributed by atoms with E-state index >= 15 is 0 Å². The van der Waals surface area contributed by atoms with E-state index in [2.05, 4.69) is 67.2 Å². The molecule has 2 unspecified atom stereocenters. The molecule has 0 radical (unpaired) electrons. The lowest BCUT2D eigenvalue weighted by molar-refractivity contribution is 0.0747. The number of hydrogen-bond donors (Lipinski definition) is 0. The second-order valence-corrected chi connectivity index (χ2v) is 7.61. The van der Waals surface area contributed by atoms with Crippen LogP contribution in [0.1, 0.15) is 18.5 Å². The van der Waals surface area contributed by atoms with E-state index in [1.165, 1.54) is 25.9 Å². The third-order valence-corrected chi connectivity index (χ3v) is 5.55. The van der Waals surface area contributed by atoms with Gasteiger partial charge in [0.25, 0.3) is 0 Å². The van der Waals surface area contributed by atoms with Crippen LogP contribution >= 0.6 is 15.9 Å². The molecule has 4 nitrogen and oxygen atoms in total. The summed E-state index contributed by atoms with van der Waals surface area (Å²) in [4.78, 5) is 5.09. The van der Waals surface area contributed by atoms with Crippen molar-refractivity contribution in [3.8, 4) is 11.3 Å². The average Bonchev–Trinajstić information content (AvgIpc) is 2.79. The first-order chi connectivity index (χ1) is 11.2. The second kappa shape index (κ2) is 6.30. The van der Waals surface area contributed by atoms with Gasteiger partial charge in [0.1, 0.15) is 0 Å². The Bertz CT molecular complexity index is 656. The van der Waals surface area contributed by atoms with E-state index in [0.29, 0.717) is 12.1 Å². The molecule has 120 valence electrons. The first kappa shape index (κ1) is 15.2. The van der Waals surface area contributed by atoms with Gasteiger partial charge in [-0.2, -0.15) is 10.2 Å². The van der Waals surface area contributed by atoms with Gasteiger partial charge in [0.2, 0.25) is 0 Å². The summed E-state index contributed by atoms with van der Waals surface area (Å²) >= 11 is 3.46. The van der Waals surface area contributed by atoms with Crippen molar-refractivity contribution in [2.24, 2.45) is 0 Å². The Labute approximate surface area is 145 Å². The summed E-state index contributed by atoms with van der Waals surface area (Å²) in [6.07, 6.45) is 2.64. The Hall–Kier alpha value is -1.30. The summed E-state index contributed by atoms with van der Waals surface area (Å²) in [5.74, 6) is 0. The van der Waals surface area contributed by atoms with E-state index in [1.807, 2.05) is 12.1 Å². The monoisotopic (exact) mass is 372 g/mol. The van der Waals surface area contributed by atoms with Crippen LogP contribution in [0.5, 0.6) is 0 Å². The van der Waals surface area contributed by atoms with Crippen molar-refractivity contribution in [3.63, 3.8) is 0 Å². The van der Waals surface area contributed by atoms with Crippen LogP contribution in [0.4, 0.5) is 0 Å². The van der Waals surface area contributed by atoms with Crippen molar-refractivity contribution in [2.75, 3.05) is 20.1 Å². The first-order valence-electron chi connectivity index (χ1n) is 8.22. The molecule has 2 aliphatic heterocycles. The van der Waals surface area contributed by atoms with E-state index in [0.717, 1.165) is 28.0 Å².